The van der Waals surface area contributed by atoms with Gasteiger partial charge in [0.2, 0.25) is 0 Å². The Hall–Kier alpha value is -0.680. The summed E-state index contributed by atoms with van der Waals surface area (Å²) >= 11 is 3.47. The fourth-order valence-corrected chi connectivity index (χ4v) is 2.29. The molecule has 1 aromatic heterocycles. The van der Waals surface area contributed by atoms with Gasteiger partial charge in [-0.05, 0) is 20.8 Å². The Morgan fingerprint density at radius 2 is 2.24 bits per heavy atom. The van der Waals surface area contributed by atoms with Crippen LogP contribution in [0, 0.1) is 13.8 Å². The number of morpholine rings is 1. The van der Waals surface area contributed by atoms with Crippen LogP contribution in [0.4, 0.5) is 5.82 Å². The highest BCUT2D eigenvalue weighted by atomic mass is 79.9. The smallest absolute Gasteiger partial charge is 0.147 e. The molecule has 0 spiro atoms. The topological polar surface area (TPSA) is 38.2 Å². The normalized spacial score (nSPS) is 25.1. The number of aromatic nitrogens is 2. The minimum Gasteiger partial charge on any atom is -0.373 e. The first-order chi connectivity index (χ1) is 8.11. The number of hydrogen-bond donors (Lipinski definition) is 0. The van der Waals surface area contributed by atoms with Crippen molar-refractivity contribution >= 4 is 21.7 Å². The van der Waals surface area contributed by atoms with Crippen LogP contribution in [0.3, 0.4) is 0 Å². The van der Waals surface area contributed by atoms with Crippen molar-refractivity contribution in [2.24, 2.45) is 0 Å². The van der Waals surface area contributed by atoms with Gasteiger partial charge in [-0.1, -0.05) is 15.9 Å². The summed E-state index contributed by atoms with van der Waals surface area (Å²) in [5.74, 6) is 0.954. The lowest BCUT2D eigenvalue weighted by Crippen LogP contribution is -2.49. The highest BCUT2D eigenvalue weighted by Gasteiger charge is 2.26. The van der Waals surface area contributed by atoms with Gasteiger partial charge < -0.3 is 9.64 Å². The molecule has 1 aliphatic rings. The van der Waals surface area contributed by atoms with Gasteiger partial charge in [-0.3, -0.25) is 4.98 Å². The van der Waals surface area contributed by atoms with E-state index in [1.165, 1.54) is 0 Å². The van der Waals surface area contributed by atoms with Crippen LogP contribution in [0.1, 0.15) is 18.3 Å². The molecule has 4 nitrogen and oxygen atoms in total. The van der Waals surface area contributed by atoms with Gasteiger partial charge in [-0.25, -0.2) is 4.98 Å². The fraction of sp³-hybridized carbons (Fsp3) is 0.667. The molecule has 1 aromatic rings. The molecule has 0 bridgehead atoms. The van der Waals surface area contributed by atoms with Crippen molar-refractivity contribution in [3.63, 3.8) is 0 Å². The molecule has 0 amide bonds. The molecule has 17 heavy (non-hydrogen) atoms. The summed E-state index contributed by atoms with van der Waals surface area (Å²) in [6, 6.07) is 0.349. The molecule has 0 N–H and O–H groups in total. The molecule has 0 radical (unpaired) electrons. The van der Waals surface area contributed by atoms with Crippen molar-refractivity contribution in [1.29, 1.82) is 0 Å². The molecule has 94 valence electrons. The van der Waals surface area contributed by atoms with Gasteiger partial charge in [-0.2, -0.15) is 0 Å². The minimum absolute atomic E-state index is 0.231. The Morgan fingerprint density at radius 1 is 1.47 bits per heavy atom. The lowest BCUT2D eigenvalue weighted by Gasteiger charge is -2.38. The summed E-state index contributed by atoms with van der Waals surface area (Å²) < 4.78 is 5.71. The van der Waals surface area contributed by atoms with E-state index in [1.54, 1.807) is 0 Å². The van der Waals surface area contributed by atoms with Crippen LogP contribution < -0.4 is 4.90 Å². The highest BCUT2D eigenvalue weighted by molar-refractivity contribution is 9.09. The van der Waals surface area contributed by atoms with Gasteiger partial charge >= 0.3 is 0 Å². The molecule has 2 rings (SSSR count). The average Bonchev–Trinajstić information content (AvgIpc) is 2.33. The van der Waals surface area contributed by atoms with E-state index in [-0.39, 0.29) is 6.10 Å². The van der Waals surface area contributed by atoms with E-state index in [1.807, 2.05) is 20.0 Å². The van der Waals surface area contributed by atoms with E-state index in [9.17, 15) is 0 Å². The van der Waals surface area contributed by atoms with E-state index < -0.39 is 0 Å². The van der Waals surface area contributed by atoms with Crippen molar-refractivity contribution in [1.82, 2.24) is 9.97 Å². The average molecular weight is 300 g/mol. The monoisotopic (exact) mass is 299 g/mol. The lowest BCUT2D eigenvalue weighted by atomic mass is 10.2. The Balaban J connectivity index is 2.21. The fourth-order valence-electron chi connectivity index (χ4n) is 1.90. The summed E-state index contributed by atoms with van der Waals surface area (Å²) in [6.45, 7) is 7.74. The number of ether oxygens (including phenoxy) is 1. The molecule has 2 unspecified atom stereocenters. The van der Waals surface area contributed by atoms with Crippen LogP contribution in [-0.2, 0) is 4.74 Å². The van der Waals surface area contributed by atoms with Crippen LogP contribution in [0.15, 0.2) is 6.20 Å². The SMILES string of the molecule is Cc1ncc(N2CC(CBr)OCC2C)nc1C. The standard InChI is InChI=1S/C12H18BrN3O/c1-8-7-17-11(4-13)6-16(8)12-5-14-9(2)10(3)15-12/h5,8,11H,4,6-7H2,1-3H3. The zero-order valence-corrected chi connectivity index (χ0v) is 12.1. The number of alkyl halides is 1. The largest absolute Gasteiger partial charge is 0.373 e. The molecular formula is C12H18BrN3O. The van der Waals surface area contributed by atoms with E-state index >= 15 is 0 Å². The van der Waals surface area contributed by atoms with Gasteiger partial charge in [0.15, 0.2) is 0 Å². The number of aryl methyl sites for hydroxylation is 2. The Morgan fingerprint density at radius 3 is 2.88 bits per heavy atom. The molecule has 5 heteroatoms. The summed E-state index contributed by atoms with van der Waals surface area (Å²) in [7, 11) is 0. The second-order valence-corrected chi connectivity index (χ2v) is 5.16. The van der Waals surface area contributed by atoms with E-state index in [0.717, 1.165) is 35.7 Å². The van der Waals surface area contributed by atoms with Crippen LogP contribution in [-0.4, -0.2) is 40.6 Å². The highest BCUT2D eigenvalue weighted by Crippen LogP contribution is 2.20. The molecule has 1 saturated heterocycles. The summed E-state index contributed by atoms with van der Waals surface area (Å²) in [5, 5.41) is 0.856. The number of nitrogens with zero attached hydrogens (tertiary/aromatic N) is 3. The molecule has 2 heterocycles. The maximum atomic E-state index is 5.71. The minimum atomic E-state index is 0.231. The number of halogens is 1. The molecule has 0 aliphatic carbocycles. The van der Waals surface area contributed by atoms with Crippen LogP contribution in [0.25, 0.3) is 0 Å². The summed E-state index contributed by atoms with van der Waals surface area (Å²) in [4.78, 5) is 11.3. The lowest BCUT2D eigenvalue weighted by molar-refractivity contribution is 0.0376. The van der Waals surface area contributed by atoms with Gasteiger partial charge in [-0.15, -0.1) is 0 Å². The van der Waals surface area contributed by atoms with Crippen molar-refractivity contribution in [2.75, 3.05) is 23.4 Å². The van der Waals surface area contributed by atoms with Gasteiger partial charge in [0.25, 0.3) is 0 Å². The molecular weight excluding hydrogens is 282 g/mol. The van der Waals surface area contributed by atoms with Crippen molar-refractivity contribution in [2.45, 2.75) is 32.9 Å². The third-order valence-corrected chi connectivity index (χ3v) is 3.87. The molecule has 1 fully saturated rings. The first-order valence-corrected chi connectivity index (χ1v) is 6.98. The van der Waals surface area contributed by atoms with Crippen LogP contribution in [0.5, 0.6) is 0 Å². The van der Waals surface area contributed by atoms with Crippen molar-refractivity contribution in [3.05, 3.63) is 17.6 Å². The Labute approximate surface area is 111 Å². The van der Waals surface area contributed by atoms with Gasteiger partial charge in [0.1, 0.15) is 5.82 Å². The Bertz CT molecular complexity index is 399. The van der Waals surface area contributed by atoms with Crippen LogP contribution >= 0.6 is 15.9 Å². The van der Waals surface area contributed by atoms with Crippen LogP contribution in [0.2, 0.25) is 0 Å². The van der Waals surface area contributed by atoms with E-state index in [4.69, 9.17) is 4.74 Å². The number of hydrogen-bond acceptors (Lipinski definition) is 4. The van der Waals surface area contributed by atoms with E-state index in [2.05, 4.69) is 37.7 Å². The molecule has 0 aromatic carbocycles. The molecule has 0 saturated carbocycles. The molecule has 2 atom stereocenters. The van der Waals surface area contributed by atoms with Gasteiger partial charge in [0, 0.05) is 11.9 Å². The van der Waals surface area contributed by atoms with E-state index in [0.29, 0.717) is 6.04 Å². The maximum Gasteiger partial charge on any atom is 0.147 e. The Kier molecular flexibility index (Phi) is 3.99. The maximum absolute atomic E-state index is 5.71. The zero-order chi connectivity index (χ0) is 12.4. The van der Waals surface area contributed by atoms with Crippen molar-refractivity contribution < 1.29 is 4.74 Å². The summed E-state index contributed by atoms with van der Waals surface area (Å²) in [6.07, 6.45) is 2.09. The molecule has 1 aliphatic heterocycles. The quantitative estimate of drug-likeness (QED) is 0.784. The first-order valence-electron chi connectivity index (χ1n) is 5.86. The number of rotatable bonds is 2. The predicted octanol–water partition coefficient (Wildman–Crippen LogP) is 2.08. The zero-order valence-electron chi connectivity index (χ0n) is 10.5. The summed E-state index contributed by atoms with van der Waals surface area (Å²) in [5.41, 5.74) is 1.99. The number of anilines is 1. The predicted molar refractivity (Wildman–Crippen MR) is 71.8 cm³/mol. The second kappa shape index (κ2) is 5.31. The third kappa shape index (κ3) is 2.77. The second-order valence-electron chi connectivity index (χ2n) is 4.51. The third-order valence-electron chi connectivity index (χ3n) is 3.15. The van der Waals surface area contributed by atoms with Crippen molar-refractivity contribution in [3.8, 4) is 0 Å². The first kappa shape index (κ1) is 12.8. The van der Waals surface area contributed by atoms with Gasteiger partial charge in [0.05, 0.1) is 36.3 Å².